The van der Waals surface area contributed by atoms with Crippen molar-refractivity contribution in [2.45, 2.75) is 65.8 Å². The van der Waals surface area contributed by atoms with Crippen molar-refractivity contribution in [3.05, 3.63) is 51.3 Å². The van der Waals surface area contributed by atoms with E-state index < -0.39 is 0 Å². The van der Waals surface area contributed by atoms with Crippen molar-refractivity contribution in [3.8, 4) is 0 Å². The van der Waals surface area contributed by atoms with Crippen molar-refractivity contribution < 1.29 is 0 Å². The molecule has 2 nitrogen and oxygen atoms in total. The number of aryl methyl sites for hydroxylation is 3. The Bertz CT molecular complexity index is 622. The molecular weight excluding hydrogens is 348 g/mol. The number of nitrogens with one attached hydrogen (secondary N) is 2. The van der Waals surface area contributed by atoms with Gasteiger partial charge in [0.05, 0.1) is 5.69 Å². The van der Waals surface area contributed by atoms with Crippen LogP contribution in [0.2, 0.25) is 0 Å². The maximum atomic E-state index is 3.78. The number of rotatable bonds is 7. The zero-order valence-electron chi connectivity index (χ0n) is 15.0. The van der Waals surface area contributed by atoms with Crippen LogP contribution in [0.3, 0.4) is 0 Å². The van der Waals surface area contributed by atoms with E-state index in [0.717, 1.165) is 6.42 Å². The van der Waals surface area contributed by atoms with E-state index in [2.05, 4.69) is 85.2 Å². The second-order valence-corrected chi connectivity index (χ2v) is 7.49. The Balaban J connectivity index is 2.34. The second kappa shape index (κ2) is 8.05. The lowest BCUT2D eigenvalue weighted by Crippen LogP contribution is -2.28. The van der Waals surface area contributed by atoms with Gasteiger partial charge < -0.3 is 10.3 Å². The summed E-state index contributed by atoms with van der Waals surface area (Å²) in [7, 11) is 0. The van der Waals surface area contributed by atoms with E-state index in [4.69, 9.17) is 0 Å². The molecule has 0 bridgehead atoms. The number of benzene rings is 1. The number of aromatic nitrogens is 1. The van der Waals surface area contributed by atoms with Gasteiger partial charge in [-0.15, -0.1) is 0 Å². The second-order valence-electron chi connectivity index (χ2n) is 6.58. The third-order valence-electron chi connectivity index (χ3n) is 4.63. The van der Waals surface area contributed by atoms with Gasteiger partial charge in [-0.05, 0) is 68.5 Å². The summed E-state index contributed by atoms with van der Waals surface area (Å²) < 4.78 is 1.17. The molecule has 0 radical (unpaired) electrons. The first-order valence-electron chi connectivity index (χ1n) is 8.64. The zero-order valence-corrected chi connectivity index (χ0v) is 16.5. The van der Waals surface area contributed by atoms with E-state index in [0.29, 0.717) is 12.0 Å². The minimum Gasteiger partial charge on any atom is -0.380 e. The predicted octanol–water partition coefficient (Wildman–Crippen LogP) is 6.48. The quantitative estimate of drug-likeness (QED) is 0.568. The highest BCUT2D eigenvalue weighted by atomic mass is 79.9. The highest BCUT2D eigenvalue weighted by molar-refractivity contribution is 9.10. The molecule has 23 heavy (non-hydrogen) atoms. The molecule has 0 amide bonds. The van der Waals surface area contributed by atoms with E-state index in [-0.39, 0.29) is 0 Å². The van der Waals surface area contributed by atoms with Crippen LogP contribution in [0, 0.1) is 20.8 Å². The summed E-state index contributed by atoms with van der Waals surface area (Å²) in [5.41, 5.74) is 6.68. The number of anilines is 1. The van der Waals surface area contributed by atoms with Crippen LogP contribution in [-0.4, -0.2) is 11.0 Å². The molecule has 1 aromatic carbocycles. The van der Waals surface area contributed by atoms with Crippen molar-refractivity contribution in [2.24, 2.45) is 0 Å². The van der Waals surface area contributed by atoms with Crippen LogP contribution < -0.4 is 5.32 Å². The molecule has 0 saturated heterocycles. The molecule has 0 saturated carbocycles. The van der Waals surface area contributed by atoms with Crippen molar-refractivity contribution in [3.63, 3.8) is 0 Å². The SMILES string of the molecule is CCCC(Nc1c[nH]c(C)c1)C(CC)c1c(C)cc(Br)cc1C. The van der Waals surface area contributed by atoms with Gasteiger partial charge in [0.2, 0.25) is 0 Å². The molecule has 3 heteroatoms. The van der Waals surface area contributed by atoms with E-state index in [1.807, 2.05) is 0 Å². The molecule has 0 fully saturated rings. The van der Waals surface area contributed by atoms with Crippen molar-refractivity contribution in [2.75, 3.05) is 5.32 Å². The van der Waals surface area contributed by atoms with Gasteiger partial charge in [-0.1, -0.05) is 36.2 Å². The molecule has 2 N–H and O–H groups in total. The Labute approximate surface area is 149 Å². The van der Waals surface area contributed by atoms with E-state index in [9.17, 15) is 0 Å². The van der Waals surface area contributed by atoms with Crippen molar-refractivity contribution in [1.82, 2.24) is 4.98 Å². The lowest BCUT2D eigenvalue weighted by Gasteiger charge is -2.30. The van der Waals surface area contributed by atoms with Gasteiger partial charge in [0.15, 0.2) is 0 Å². The zero-order chi connectivity index (χ0) is 17.0. The first-order chi connectivity index (χ1) is 11.0. The van der Waals surface area contributed by atoms with Gasteiger partial charge in [-0.2, -0.15) is 0 Å². The summed E-state index contributed by atoms with van der Waals surface area (Å²) >= 11 is 3.62. The third-order valence-corrected chi connectivity index (χ3v) is 5.09. The first kappa shape index (κ1) is 18.1. The summed E-state index contributed by atoms with van der Waals surface area (Å²) in [6, 6.07) is 7.14. The van der Waals surface area contributed by atoms with E-state index >= 15 is 0 Å². The number of halogens is 1. The summed E-state index contributed by atoms with van der Waals surface area (Å²) in [6.07, 6.45) is 5.58. The fraction of sp³-hybridized carbons (Fsp3) is 0.500. The van der Waals surface area contributed by atoms with Gasteiger partial charge >= 0.3 is 0 Å². The molecule has 0 spiro atoms. The third kappa shape index (κ3) is 4.41. The molecule has 126 valence electrons. The fourth-order valence-electron chi connectivity index (χ4n) is 3.69. The molecule has 2 atom stereocenters. The summed E-state index contributed by atoms with van der Waals surface area (Å²) in [5, 5.41) is 3.78. The predicted molar refractivity (Wildman–Crippen MR) is 104 cm³/mol. The maximum Gasteiger partial charge on any atom is 0.0522 e. The number of hydrogen-bond donors (Lipinski definition) is 2. The average molecular weight is 377 g/mol. The van der Waals surface area contributed by atoms with Crippen molar-refractivity contribution >= 4 is 21.6 Å². The molecule has 1 heterocycles. The molecule has 0 aliphatic carbocycles. The molecule has 0 aliphatic rings. The van der Waals surface area contributed by atoms with Gasteiger partial charge in [-0.3, -0.25) is 0 Å². The lowest BCUT2D eigenvalue weighted by atomic mass is 9.82. The molecular formula is C20H29BrN2. The molecule has 2 rings (SSSR count). The molecule has 2 unspecified atom stereocenters. The molecule has 2 aromatic rings. The Morgan fingerprint density at radius 2 is 1.74 bits per heavy atom. The monoisotopic (exact) mass is 376 g/mol. The number of H-pyrrole nitrogens is 1. The fourth-order valence-corrected chi connectivity index (χ4v) is 4.37. The normalized spacial score (nSPS) is 13.8. The average Bonchev–Trinajstić information content (AvgIpc) is 2.87. The maximum absolute atomic E-state index is 3.78. The van der Waals surface area contributed by atoms with Crippen LogP contribution >= 0.6 is 15.9 Å². The first-order valence-corrected chi connectivity index (χ1v) is 9.43. The topological polar surface area (TPSA) is 27.8 Å². The summed E-state index contributed by atoms with van der Waals surface area (Å²) in [4.78, 5) is 3.27. The highest BCUT2D eigenvalue weighted by Gasteiger charge is 2.24. The molecule has 1 aromatic heterocycles. The summed E-state index contributed by atoms with van der Waals surface area (Å²) in [6.45, 7) is 11.1. The smallest absolute Gasteiger partial charge is 0.0522 e. The number of aromatic amines is 1. The molecule has 0 aliphatic heterocycles. The van der Waals surface area contributed by atoms with Crippen LogP contribution in [0.4, 0.5) is 5.69 Å². The van der Waals surface area contributed by atoms with Crippen LogP contribution in [0.15, 0.2) is 28.9 Å². The van der Waals surface area contributed by atoms with E-state index in [1.165, 1.54) is 45.4 Å². The Morgan fingerprint density at radius 1 is 1.09 bits per heavy atom. The Hall–Kier alpha value is -1.22. The van der Waals surface area contributed by atoms with Gasteiger partial charge in [0.25, 0.3) is 0 Å². The largest absolute Gasteiger partial charge is 0.380 e. The number of hydrogen-bond acceptors (Lipinski definition) is 1. The van der Waals surface area contributed by atoms with Crippen molar-refractivity contribution in [1.29, 1.82) is 0 Å². The van der Waals surface area contributed by atoms with Crippen LogP contribution in [0.1, 0.15) is 61.4 Å². The minimum atomic E-state index is 0.457. The standard InChI is InChI=1S/C20H29BrN2/c1-6-8-19(23-17-11-15(5)22-12-17)18(7-2)20-13(3)9-16(21)10-14(20)4/h9-12,18-19,22-23H,6-8H2,1-5H3. The minimum absolute atomic E-state index is 0.457. The van der Waals surface area contributed by atoms with Crippen LogP contribution in [-0.2, 0) is 0 Å². The van der Waals surface area contributed by atoms with Crippen LogP contribution in [0.5, 0.6) is 0 Å². The van der Waals surface area contributed by atoms with E-state index in [1.54, 1.807) is 0 Å². The van der Waals surface area contributed by atoms with Gasteiger partial charge in [0.1, 0.15) is 0 Å². The highest BCUT2D eigenvalue weighted by Crippen LogP contribution is 2.34. The summed E-state index contributed by atoms with van der Waals surface area (Å²) in [5.74, 6) is 0.526. The van der Waals surface area contributed by atoms with Gasteiger partial charge in [-0.25, -0.2) is 0 Å². The lowest BCUT2D eigenvalue weighted by molar-refractivity contribution is 0.508. The van der Waals surface area contributed by atoms with Crippen LogP contribution in [0.25, 0.3) is 0 Å². The Kier molecular flexibility index (Phi) is 6.34. The Morgan fingerprint density at radius 3 is 2.22 bits per heavy atom. The van der Waals surface area contributed by atoms with Gasteiger partial charge in [0, 0.05) is 28.3 Å².